The van der Waals surface area contributed by atoms with E-state index in [0.717, 1.165) is 13.1 Å². The highest BCUT2D eigenvalue weighted by atomic mass is 15.1. The molecule has 0 aliphatic heterocycles. The summed E-state index contributed by atoms with van der Waals surface area (Å²) in [6.45, 7) is 4.11. The van der Waals surface area contributed by atoms with Crippen molar-refractivity contribution < 1.29 is 0 Å². The van der Waals surface area contributed by atoms with E-state index < -0.39 is 0 Å². The summed E-state index contributed by atoms with van der Waals surface area (Å²) < 4.78 is 0. The highest BCUT2D eigenvalue weighted by Gasteiger charge is 2.12. The Morgan fingerprint density at radius 3 is 2.50 bits per heavy atom. The van der Waals surface area contributed by atoms with Crippen molar-refractivity contribution in [3.8, 4) is 0 Å². The standard InChI is InChI=1S/C11H19N3/c1-4-12-9-11(14(2)3)10-5-7-13-8-6-10/h5-8,11-12H,4,9H2,1-3H3. The fraction of sp³-hybridized carbons (Fsp3) is 0.545. The third-order valence-corrected chi connectivity index (χ3v) is 2.30. The monoisotopic (exact) mass is 193 g/mol. The number of aromatic nitrogens is 1. The van der Waals surface area contributed by atoms with Crippen LogP contribution < -0.4 is 5.32 Å². The highest BCUT2D eigenvalue weighted by Crippen LogP contribution is 2.15. The smallest absolute Gasteiger partial charge is 0.0467 e. The van der Waals surface area contributed by atoms with Crippen LogP contribution in [-0.4, -0.2) is 37.1 Å². The third-order valence-electron chi connectivity index (χ3n) is 2.30. The molecule has 0 fully saturated rings. The maximum atomic E-state index is 4.03. The van der Waals surface area contributed by atoms with Gasteiger partial charge in [0.1, 0.15) is 0 Å². The number of nitrogens with zero attached hydrogens (tertiary/aromatic N) is 2. The Kier molecular flexibility index (Phi) is 4.56. The van der Waals surface area contributed by atoms with E-state index in [2.05, 4.69) is 48.4 Å². The SMILES string of the molecule is CCNCC(c1ccncc1)N(C)C. The molecule has 78 valence electrons. The molecule has 0 spiro atoms. The summed E-state index contributed by atoms with van der Waals surface area (Å²) in [7, 11) is 4.20. The van der Waals surface area contributed by atoms with Gasteiger partial charge in [-0.05, 0) is 38.3 Å². The molecule has 0 aromatic carbocycles. The zero-order valence-electron chi connectivity index (χ0n) is 9.20. The lowest BCUT2D eigenvalue weighted by Gasteiger charge is -2.24. The highest BCUT2D eigenvalue weighted by molar-refractivity contribution is 5.15. The van der Waals surface area contributed by atoms with Crippen molar-refractivity contribution in [3.05, 3.63) is 30.1 Å². The first-order chi connectivity index (χ1) is 6.75. The normalized spacial score (nSPS) is 13.1. The summed E-state index contributed by atoms with van der Waals surface area (Å²) in [5.41, 5.74) is 1.31. The van der Waals surface area contributed by atoms with E-state index in [9.17, 15) is 0 Å². The molecular weight excluding hydrogens is 174 g/mol. The summed E-state index contributed by atoms with van der Waals surface area (Å²) in [6.07, 6.45) is 3.69. The molecule has 1 aromatic rings. The van der Waals surface area contributed by atoms with Crippen LogP contribution >= 0.6 is 0 Å². The Labute approximate surface area is 86.2 Å². The molecule has 1 unspecified atom stereocenters. The van der Waals surface area contributed by atoms with Gasteiger partial charge >= 0.3 is 0 Å². The number of nitrogens with one attached hydrogen (secondary N) is 1. The maximum Gasteiger partial charge on any atom is 0.0467 e. The summed E-state index contributed by atoms with van der Waals surface area (Å²) >= 11 is 0. The van der Waals surface area contributed by atoms with Crippen LogP contribution in [0.25, 0.3) is 0 Å². The van der Waals surface area contributed by atoms with Crippen LogP contribution in [0.15, 0.2) is 24.5 Å². The summed E-state index contributed by atoms with van der Waals surface area (Å²) in [4.78, 5) is 6.25. The second kappa shape index (κ2) is 5.73. The molecule has 3 nitrogen and oxygen atoms in total. The van der Waals surface area contributed by atoms with E-state index in [1.807, 2.05) is 12.4 Å². The number of hydrogen-bond donors (Lipinski definition) is 1. The van der Waals surface area contributed by atoms with Gasteiger partial charge in [-0.15, -0.1) is 0 Å². The fourth-order valence-corrected chi connectivity index (χ4v) is 1.47. The molecule has 0 radical (unpaired) electrons. The molecular formula is C11H19N3. The predicted molar refractivity (Wildman–Crippen MR) is 59.2 cm³/mol. The van der Waals surface area contributed by atoms with Crippen LogP contribution in [0.4, 0.5) is 0 Å². The minimum atomic E-state index is 0.429. The van der Waals surface area contributed by atoms with Crippen LogP contribution in [0, 0.1) is 0 Å². The summed E-state index contributed by atoms with van der Waals surface area (Å²) in [5.74, 6) is 0. The fourth-order valence-electron chi connectivity index (χ4n) is 1.47. The summed E-state index contributed by atoms with van der Waals surface area (Å²) in [5, 5.41) is 3.37. The molecule has 1 aromatic heterocycles. The van der Waals surface area contributed by atoms with Crippen molar-refractivity contribution >= 4 is 0 Å². The zero-order chi connectivity index (χ0) is 10.4. The van der Waals surface area contributed by atoms with Gasteiger partial charge in [-0.3, -0.25) is 4.98 Å². The van der Waals surface area contributed by atoms with Gasteiger partial charge in [0.15, 0.2) is 0 Å². The Balaban J connectivity index is 2.68. The second-order valence-corrected chi connectivity index (χ2v) is 3.57. The number of pyridine rings is 1. The van der Waals surface area contributed by atoms with Crippen molar-refractivity contribution in [2.45, 2.75) is 13.0 Å². The number of likely N-dealkylation sites (N-methyl/N-ethyl adjacent to an activating group) is 2. The van der Waals surface area contributed by atoms with Crippen LogP contribution in [0.3, 0.4) is 0 Å². The van der Waals surface area contributed by atoms with Gasteiger partial charge < -0.3 is 10.2 Å². The van der Waals surface area contributed by atoms with Gasteiger partial charge in [-0.1, -0.05) is 6.92 Å². The van der Waals surface area contributed by atoms with Gasteiger partial charge in [0, 0.05) is 25.0 Å². The molecule has 0 amide bonds. The molecule has 0 bridgehead atoms. The van der Waals surface area contributed by atoms with E-state index in [0.29, 0.717) is 6.04 Å². The lowest BCUT2D eigenvalue weighted by atomic mass is 10.1. The average Bonchev–Trinajstić information content (AvgIpc) is 2.19. The topological polar surface area (TPSA) is 28.2 Å². The van der Waals surface area contributed by atoms with E-state index >= 15 is 0 Å². The molecule has 0 saturated carbocycles. The Morgan fingerprint density at radius 1 is 1.36 bits per heavy atom. The van der Waals surface area contributed by atoms with Crippen LogP contribution in [-0.2, 0) is 0 Å². The van der Waals surface area contributed by atoms with Crippen molar-refractivity contribution in [2.24, 2.45) is 0 Å². The van der Waals surface area contributed by atoms with Crippen LogP contribution in [0.2, 0.25) is 0 Å². The molecule has 1 atom stereocenters. The first-order valence-electron chi connectivity index (χ1n) is 5.02. The second-order valence-electron chi connectivity index (χ2n) is 3.57. The van der Waals surface area contributed by atoms with E-state index in [-0.39, 0.29) is 0 Å². The molecule has 0 aliphatic rings. The molecule has 1 N–H and O–H groups in total. The van der Waals surface area contributed by atoms with Crippen LogP contribution in [0.1, 0.15) is 18.5 Å². The molecule has 0 aliphatic carbocycles. The Bertz CT molecular complexity index is 246. The van der Waals surface area contributed by atoms with Gasteiger partial charge in [0.2, 0.25) is 0 Å². The molecule has 3 heteroatoms. The largest absolute Gasteiger partial charge is 0.315 e. The molecule has 0 saturated heterocycles. The molecule has 14 heavy (non-hydrogen) atoms. The summed E-state index contributed by atoms with van der Waals surface area (Å²) in [6, 6.07) is 4.57. The van der Waals surface area contributed by atoms with E-state index in [1.165, 1.54) is 5.56 Å². The van der Waals surface area contributed by atoms with Gasteiger partial charge in [-0.25, -0.2) is 0 Å². The van der Waals surface area contributed by atoms with Crippen molar-refractivity contribution in [2.75, 3.05) is 27.2 Å². The maximum absolute atomic E-state index is 4.03. The first kappa shape index (κ1) is 11.1. The molecule has 1 rings (SSSR count). The number of hydrogen-bond acceptors (Lipinski definition) is 3. The van der Waals surface area contributed by atoms with Gasteiger partial charge in [0.25, 0.3) is 0 Å². The van der Waals surface area contributed by atoms with Gasteiger partial charge in [0.05, 0.1) is 0 Å². The lowest BCUT2D eigenvalue weighted by molar-refractivity contribution is 0.290. The van der Waals surface area contributed by atoms with Crippen molar-refractivity contribution in [3.63, 3.8) is 0 Å². The first-order valence-corrected chi connectivity index (χ1v) is 5.02. The van der Waals surface area contributed by atoms with Crippen molar-refractivity contribution in [1.29, 1.82) is 0 Å². The number of rotatable bonds is 5. The third kappa shape index (κ3) is 3.09. The molecule has 1 heterocycles. The lowest BCUT2D eigenvalue weighted by Crippen LogP contribution is -2.30. The zero-order valence-corrected chi connectivity index (χ0v) is 9.20. The van der Waals surface area contributed by atoms with E-state index in [4.69, 9.17) is 0 Å². The minimum absolute atomic E-state index is 0.429. The van der Waals surface area contributed by atoms with E-state index in [1.54, 1.807) is 0 Å². The Hall–Kier alpha value is -0.930. The minimum Gasteiger partial charge on any atom is -0.315 e. The average molecular weight is 193 g/mol. The van der Waals surface area contributed by atoms with Crippen LogP contribution in [0.5, 0.6) is 0 Å². The van der Waals surface area contributed by atoms with Gasteiger partial charge in [-0.2, -0.15) is 0 Å². The Morgan fingerprint density at radius 2 is 2.00 bits per heavy atom. The predicted octanol–water partition coefficient (Wildman–Crippen LogP) is 1.29. The van der Waals surface area contributed by atoms with Crippen molar-refractivity contribution in [1.82, 2.24) is 15.2 Å². The quantitative estimate of drug-likeness (QED) is 0.764.